The lowest BCUT2D eigenvalue weighted by atomic mass is 10.0. The normalized spacial score (nSPS) is 11.6. The standard InChI is InChI=1S/C19H20N2O6/c1-10-5-6-13(7-11(10)2)17(19(23)24)20-18(22)14-8-15(21(25)26)12(3)16(9-14)27-4/h5-9,17H,1-4H3,(H,20,22)(H,23,24). The summed E-state index contributed by atoms with van der Waals surface area (Å²) in [6.07, 6.45) is 0. The lowest BCUT2D eigenvalue weighted by molar-refractivity contribution is -0.385. The van der Waals surface area contributed by atoms with Crippen LogP contribution in [-0.2, 0) is 4.79 Å². The van der Waals surface area contributed by atoms with Gasteiger partial charge in [0.05, 0.1) is 17.6 Å². The second-order valence-electron chi connectivity index (χ2n) is 6.17. The molecule has 142 valence electrons. The van der Waals surface area contributed by atoms with E-state index in [0.717, 1.165) is 17.2 Å². The molecule has 0 fully saturated rings. The van der Waals surface area contributed by atoms with Gasteiger partial charge in [0.15, 0.2) is 6.04 Å². The van der Waals surface area contributed by atoms with Gasteiger partial charge in [0, 0.05) is 11.6 Å². The first-order valence-corrected chi connectivity index (χ1v) is 8.09. The van der Waals surface area contributed by atoms with E-state index >= 15 is 0 Å². The first-order valence-electron chi connectivity index (χ1n) is 8.09. The molecule has 0 spiro atoms. The predicted molar refractivity (Wildman–Crippen MR) is 98.1 cm³/mol. The smallest absolute Gasteiger partial charge is 0.330 e. The van der Waals surface area contributed by atoms with Crippen LogP contribution in [0.25, 0.3) is 0 Å². The van der Waals surface area contributed by atoms with Gasteiger partial charge < -0.3 is 15.2 Å². The number of rotatable bonds is 6. The van der Waals surface area contributed by atoms with Crippen molar-refractivity contribution in [1.29, 1.82) is 0 Å². The molecule has 0 bridgehead atoms. The van der Waals surface area contributed by atoms with Crippen LogP contribution >= 0.6 is 0 Å². The van der Waals surface area contributed by atoms with E-state index < -0.39 is 22.8 Å². The summed E-state index contributed by atoms with van der Waals surface area (Å²) in [4.78, 5) is 34.8. The average Bonchev–Trinajstić information content (AvgIpc) is 2.61. The Kier molecular flexibility index (Phi) is 5.79. The number of nitrogens with one attached hydrogen (secondary N) is 1. The Morgan fingerprint density at radius 2 is 1.81 bits per heavy atom. The number of hydrogen-bond donors (Lipinski definition) is 2. The molecule has 8 heteroatoms. The van der Waals surface area contributed by atoms with Gasteiger partial charge in [-0.05, 0) is 43.5 Å². The zero-order chi connectivity index (χ0) is 20.3. The van der Waals surface area contributed by atoms with Crippen molar-refractivity contribution in [2.45, 2.75) is 26.8 Å². The monoisotopic (exact) mass is 372 g/mol. The summed E-state index contributed by atoms with van der Waals surface area (Å²) in [5.74, 6) is -1.81. The Labute approximate surface area is 155 Å². The molecule has 1 unspecified atom stereocenters. The van der Waals surface area contributed by atoms with Crippen LogP contribution in [0.4, 0.5) is 5.69 Å². The van der Waals surface area contributed by atoms with E-state index in [1.54, 1.807) is 18.2 Å². The largest absolute Gasteiger partial charge is 0.496 e. The van der Waals surface area contributed by atoms with Gasteiger partial charge >= 0.3 is 5.97 Å². The molecule has 0 saturated carbocycles. The number of ether oxygens (including phenoxy) is 1. The van der Waals surface area contributed by atoms with Gasteiger partial charge in [0.25, 0.3) is 11.6 Å². The maximum Gasteiger partial charge on any atom is 0.330 e. The van der Waals surface area contributed by atoms with Gasteiger partial charge in [-0.1, -0.05) is 18.2 Å². The van der Waals surface area contributed by atoms with Crippen molar-refractivity contribution in [3.63, 3.8) is 0 Å². The average molecular weight is 372 g/mol. The van der Waals surface area contributed by atoms with Gasteiger partial charge in [-0.25, -0.2) is 4.79 Å². The van der Waals surface area contributed by atoms with Crippen molar-refractivity contribution >= 4 is 17.6 Å². The van der Waals surface area contributed by atoms with Crippen LogP contribution in [0.5, 0.6) is 5.75 Å². The summed E-state index contributed by atoms with van der Waals surface area (Å²) < 4.78 is 5.09. The number of nitrogens with zero attached hydrogens (tertiary/aromatic N) is 1. The first-order chi connectivity index (χ1) is 12.6. The fourth-order valence-corrected chi connectivity index (χ4v) is 2.65. The molecular formula is C19H20N2O6. The first kappa shape index (κ1) is 19.9. The molecule has 27 heavy (non-hydrogen) atoms. The number of methoxy groups -OCH3 is 1. The number of carbonyl (C=O) groups excluding carboxylic acids is 1. The molecule has 2 rings (SSSR count). The van der Waals surface area contributed by atoms with Crippen molar-refractivity contribution < 1.29 is 24.4 Å². The van der Waals surface area contributed by atoms with Crippen LogP contribution < -0.4 is 10.1 Å². The summed E-state index contributed by atoms with van der Waals surface area (Å²) in [7, 11) is 1.34. The van der Waals surface area contributed by atoms with Crippen molar-refractivity contribution in [1.82, 2.24) is 5.32 Å². The van der Waals surface area contributed by atoms with Gasteiger partial charge in [-0.3, -0.25) is 14.9 Å². The number of amides is 1. The summed E-state index contributed by atoms with van der Waals surface area (Å²) in [6.45, 7) is 5.24. The van der Waals surface area contributed by atoms with Crippen LogP contribution in [0, 0.1) is 30.9 Å². The number of carboxylic acid groups (broad SMARTS) is 1. The molecule has 0 aliphatic rings. The van der Waals surface area contributed by atoms with E-state index in [1.165, 1.54) is 20.1 Å². The molecule has 0 heterocycles. The minimum absolute atomic E-state index is 0.0563. The fraction of sp³-hybridized carbons (Fsp3) is 0.263. The Balaban J connectivity index is 2.41. The minimum atomic E-state index is -1.29. The third kappa shape index (κ3) is 4.22. The molecule has 2 N–H and O–H groups in total. The molecule has 0 aromatic heterocycles. The zero-order valence-electron chi connectivity index (χ0n) is 15.4. The van der Waals surface area contributed by atoms with Gasteiger partial charge in [-0.15, -0.1) is 0 Å². The maximum atomic E-state index is 12.6. The van der Waals surface area contributed by atoms with Crippen molar-refractivity contribution in [3.05, 3.63) is 68.3 Å². The Bertz CT molecular complexity index is 923. The zero-order valence-corrected chi connectivity index (χ0v) is 15.4. The van der Waals surface area contributed by atoms with E-state index in [0.29, 0.717) is 5.56 Å². The van der Waals surface area contributed by atoms with Crippen molar-refractivity contribution in [2.75, 3.05) is 7.11 Å². The van der Waals surface area contributed by atoms with Crippen LogP contribution in [0.15, 0.2) is 30.3 Å². The second-order valence-corrected chi connectivity index (χ2v) is 6.17. The van der Waals surface area contributed by atoms with Gasteiger partial charge in [-0.2, -0.15) is 0 Å². The fourth-order valence-electron chi connectivity index (χ4n) is 2.65. The quantitative estimate of drug-likeness (QED) is 0.594. The van der Waals surface area contributed by atoms with Crippen LogP contribution in [0.3, 0.4) is 0 Å². The van der Waals surface area contributed by atoms with E-state index in [9.17, 15) is 24.8 Å². The molecular weight excluding hydrogens is 352 g/mol. The third-order valence-electron chi connectivity index (χ3n) is 4.40. The van der Waals surface area contributed by atoms with Crippen molar-refractivity contribution in [3.8, 4) is 5.75 Å². The highest BCUT2D eigenvalue weighted by molar-refractivity contribution is 5.98. The topological polar surface area (TPSA) is 119 Å². The van der Waals surface area contributed by atoms with Crippen molar-refractivity contribution in [2.24, 2.45) is 0 Å². The lowest BCUT2D eigenvalue weighted by Crippen LogP contribution is -2.33. The molecule has 8 nitrogen and oxygen atoms in total. The van der Waals surface area contributed by atoms with Crippen LogP contribution in [-0.4, -0.2) is 29.0 Å². The summed E-state index contributed by atoms with van der Waals surface area (Å²) in [5.41, 5.74) is 2.24. The molecule has 0 saturated heterocycles. The molecule has 2 aromatic rings. The number of aliphatic carboxylic acids is 1. The number of nitro groups is 1. The van der Waals surface area contributed by atoms with Crippen LogP contribution in [0.2, 0.25) is 0 Å². The predicted octanol–water partition coefficient (Wildman–Crippen LogP) is 3.08. The van der Waals surface area contributed by atoms with E-state index in [4.69, 9.17) is 4.74 Å². The lowest BCUT2D eigenvalue weighted by Gasteiger charge is -2.17. The Morgan fingerprint density at radius 1 is 1.15 bits per heavy atom. The van der Waals surface area contributed by atoms with E-state index in [1.807, 2.05) is 13.8 Å². The molecule has 0 aliphatic carbocycles. The molecule has 1 atom stereocenters. The van der Waals surface area contributed by atoms with E-state index in [-0.39, 0.29) is 22.6 Å². The highest BCUT2D eigenvalue weighted by Gasteiger charge is 2.25. The number of nitro benzene ring substituents is 1. The molecule has 2 aromatic carbocycles. The maximum absolute atomic E-state index is 12.6. The van der Waals surface area contributed by atoms with E-state index in [2.05, 4.69) is 5.32 Å². The summed E-state index contributed by atoms with van der Waals surface area (Å²) >= 11 is 0. The molecule has 1 amide bonds. The number of benzene rings is 2. The molecule has 0 radical (unpaired) electrons. The SMILES string of the molecule is COc1cc(C(=O)NC(C(=O)O)c2ccc(C)c(C)c2)cc([N+](=O)[O-])c1C. The highest BCUT2D eigenvalue weighted by Crippen LogP contribution is 2.29. The number of carboxylic acids is 1. The number of carbonyl (C=O) groups is 2. The second kappa shape index (κ2) is 7.86. The third-order valence-corrected chi connectivity index (χ3v) is 4.40. The summed E-state index contributed by atoms with van der Waals surface area (Å²) in [6, 6.07) is 6.24. The highest BCUT2D eigenvalue weighted by atomic mass is 16.6. The van der Waals surface area contributed by atoms with Gasteiger partial charge in [0.1, 0.15) is 5.75 Å². The number of aryl methyl sites for hydroxylation is 2. The molecule has 0 aliphatic heterocycles. The number of hydrogen-bond acceptors (Lipinski definition) is 5. The summed E-state index contributed by atoms with van der Waals surface area (Å²) in [5, 5.41) is 23.1. The minimum Gasteiger partial charge on any atom is -0.496 e. The Morgan fingerprint density at radius 3 is 2.33 bits per heavy atom. The Hall–Kier alpha value is -3.42. The van der Waals surface area contributed by atoms with Gasteiger partial charge in [0.2, 0.25) is 0 Å². The van der Waals surface area contributed by atoms with Crippen LogP contribution in [0.1, 0.15) is 38.7 Å².